The molecule has 0 radical (unpaired) electrons. The molecule has 0 spiro atoms. The molecule has 1 fully saturated rings. The molecule has 1 aliphatic heterocycles. The van der Waals surface area contributed by atoms with E-state index in [0.29, 0.717) is 5.76 Å². The molecule has 0 saturated carbocycles. The molecular formula is C15H17N3O6S2. The summed E-state index contributed by atoms with van der Waals surface area (Å²) in [5.74, 6) is -0.375. The predicted molar refractivity (Wildman–Crippen MR) is 93.5 cm³/mol. The first kappa shape index (κ1) is 18.4. The standard InChI is InChI=1S/C15H17N3O6S2/c1-10-8-13(16-24-10)17-26(22,23)12-6-4-11(5-7-12)18-14(19)15(2,3)9-25(18,20)21/h4-8H,9H2,1-3H3,(H,16,17). The molecule has 11 heteroatoms. The Balaban J connectivity index is 1.90. The van der Waals surface area contributed by atoms with E-state index in [1.54, 1.807) is 20.8 Å². The quantitative estimate of drug-likeness (QED) is 0.825. The molecule has 1 aliphatic rings. The largest absolute Gasteiger partial charge is 0.360 e. The van der Waals surface area contributed by atoms with Gasteiger partial charge in [0.05, 0.1) is 21.8 Å². The number of amides is 1. The molecule has 140 valence electrons. The summed E-state index contributed by atoms with van der Waals surface area (Å²) in [4.78, 5) is 12.3. The topological polar surface area (TPSA) is 127 Å². The number of aromatic nitrogens is 1. The molecule has 0 aliphatic carbocycles. The number of rotatable bonds is 4. The molecule has 9 nitrogen and oxygen atoms in total. The fourth-order valence-electron chi connectivity index (χ4n) is 2.63. The average Bonchev–Trinajstić information content (AvgIpc) is 2.97. The Morgan fingerprint density at radius 2 is 1.85 bits per heavy atom. The normalized spacial score (nSPS) is 18.9. The molecule has 2 heterocycles. The van der Waals surface area contributed by atoms with Gasteiger partial charge in [0.2, 0.25) is 15.9 Å². The number of sulfonamides is 2. The summed E-state index contributed by atoms with van der Waals surface area (Å²) < 4.78 is 57.0. The van der Waals surface area contributed by atoms with Gasteiger partial charge in [-0.2, -0.15) is 0 Å². The van der Waals surface area contributed by atoms with Crippen LogP contribution in [0.4, 0.5) is 11.5 Å². The van der Waals surface area contributed by atoms with Crippen LogP contribution in [0.1, 0.15) is 19.6 Å². The highest BCUT2D eigenvalue weighted by Gasteiger charge is 2.49. The zero-order valence-corrected chi connectivity index (χ0v) is 15.9. The van der Waals surface area contributed by atoms with Gasteiger partial charge in [0.15, 0.2) is 5.82 Å². The van der Waals surface area contributed by atoms with Gasteiger partial charge in [0.25, 0.3) is 10.0 Å². The van der Waals surface area contributed by atoms with Gasteiger partial charge in [-0.15, -0.1) is 0 Å². The predicted octanol–water partition coefficient (Wildman–Crippen LogP) is 1.49. The van der Waals surface area contributed by atoms with Crippen LogP contribution in [-0.2, 0) is 24.8 Å². The van der Waals surface area contributed by atoms with Crippen molar-refractivity contribution in [1.29, 1.82) is 0 Å². The van der Waals surface area contributed by atoms with Crippen molar-refractivity contribution in [2.24, 2.45) is 5.41 Å². The van der Waals surface area contributed by atoms with Gasteiger partial charge < -0.3 is 4.52 Å². The summed E-state index contributed by atoms with van der Waals surface area (Å²) in [5, 5.41) is 3.55. The second-order valence-electron chi connectivity index (χ2n) is 6.63. The van der Waals surface area contributed by atoms with Crippen molar-refractivity contribution in [3.8, 4) is 0 Å². The van der Waals surface area contributed by atoms with Gasteiger partial charge in [-0.3, -0.25) is 9.52 Å². The zero-order chi connectivity index (χ0) is 19.3. The number of nitrogens with zero attached hydrogens (tertiary/aromatic N) is 2. The Morgan fingerprint density at radius 3 is 2.31 bits per heavy atom. The summed E-state index contributed by atoms with van der Waals surface area (Å²) in [7, 11) is -7.73. The van der Waals surface area contributed by atoms with Crippen molar-refractivity contribution in [1.82, 2.24) is 5.16 Å². The van der Waals surface area contributed by atoms with E-state index in [1.165, 1.54) is 30.3 Å². The summed E-state index contributed by atoms with van der Waals surface area (Å²) in [6.07, 6.45) is 0. The van der Waals surface area contributed by atoms with E-state index in [1.807, 2.05) is 0 Å². The molecule has 1 amide bonds. The number of nitrogens with one attached hydrogen (secondary N) is 1. The Kier molecular flexibility index (Phi) is 4.11. The molecule has 0 bridgehead atoms. The molecule has 1 aromatic carbocycles. The van der Waals surface area contributed by atoms with Crippen LogP contribution in [0.5, 0.6) is 0 Å². The van der Waals surface area contributed by atoms with Crippen LogP contribution in [-0.4, -0.2) is 33.7 Å². The van der Waals surface area contributed by atoms with E-state index in [2.05, 4.69) is 9.88 Å². The SMILES string of the molecule is Cc1cc(NS(=O)(=O)c2ccc(N3C(=O)C(C)(C)CS3(=O)=O)cc2)no1. The van der Waals surface area contributed by atoms with Crippen molar-refractivity contribution in [2.75, 3.05) is 14.8 Å². The van der Waals surface area contributed by atoms with Crippen molar-refractivity contribution < 1.29 is 26.2 Å². The minimum absolute atomic E-state index is 0.0330. The van der Waals surface area contributed by atoms with E-state index < -0.39 is 31.4 Å². The van der Waals surface area contributed by atoms with Crippen LogP contribution in [0.3, 0.4) is 0 Å². The highest BCUT2D eigenvalue weighted by Crippen LogP contribution is 2.36. The van der Waals surface area contributed by atoms with Gasteiger partial charge in [0.1, 0.15) is 5.76 Å². The maximum atomic E-state index is 12.4. The maximum Gasteiger partial charge on any atom is 0.263 e. The number of hydrogen-bond donors (Lipinski definition) is 1. The van der Waals surface area contributed by atoms with Crippen molar-refractivity contribution >= 4 is 37.5 Å². The molecule has 1 aromatic heterocycles. The van der Waals surface area contributed by atoms with Crippen molar-refractivity contribution in [3.05, 3.63) is 36.1 Å². The van der Waals surface area contributed by atoms with Crippen LogP contribution >= 0.6 is 0 Å². The lowest BCUT2D eigenvalue weighted by Gasteiger charge is -2.17. The van der Waals surface area contributed by atoms with E-state index >= 15 is 0 Å². The maximum absolute atomic E-state index is 12.4. The van der Waals surface area contributed by atoms with Gasteiger partial charge in [-0.25, -0.2) is 21.1 Å². The highest BCUT2D eigenvalue weighted by molar-refractivity contribution is 7.94. The minimum atomic E-state index is -3.93. The number of anilines is 2. The van der Waals surface area contributed by atoms with E-state index in [4.69, 9.17) is 4.52 Å². The van der Waals surface area contributed by atoms with Crippen LogP contribution in [0, 0.1) is 12.3 Å². The van der Waals surface area contributed by atoms with Gasteiger partial charge in [-0.1, -0.05) is 5.16 Å². The number of carbonyl (C=O) groups excluding carboxylic acids is 1. The Hall–Kier alpha value is -2.40. The van der Waals surface area contributed by atoms with E-state index in [9.17, 15) is 21.6 Å². The van der Waals surface area contributed by atoms with Gasteiger partial charge in [0, 0.05) is 6.07 Å². The van der Waals surface area contributed by atoms with Crippen LogP contribution in [0.2, 0.25) is 0 Å². The van der Waals surface area contributed by atoms with E-state index in [0.717, 1.165) is 4.31 Å². The monoisotopic (exact) mass is 399 g/mol. The molecule has 26 heavy (non-hydrogen) atoms. The fourth-order valence-corrected chi connectivity index (χ4v) is 5.72. The zero-order valence-electron chi connectivity index (χ0n) is 14.3. The number of carbonyl (C=O) groups is 1. The third-order valence-corrected chi connectivity index (χ3v) is 7.22. The number of aryl methyl sites for hydroxylation is 1. The van der Waals surface area contributed by atoms with Crippen molar-refractivity contribution in [3.63, 3.8) is 0 Å². The van der Waals surface area contributed by atoms with Gasteiger partial charge in [-0.05, 0) is 45.0 Å². The lowest BCUT2D eigenvalue weighted by Crippen LogP contribution is -2.32. The summed E-state index contributed by atoms with van der Waals surface area (Å²) in [6, 6.07) is 6.42. The van der Waals surface area contributed by atoms with Crippen molar-refractivity contribution in [2.45, 2.75) is 25.7 Å². The molecular weight excluding hydrogens is 382 g/mol. The summed E-state index contributed by atoms with van der Waals surface area (Å²) >= 11 is 0. The second kappa shape index (κ2) is 5.81. The second-order valence-corrected chi connectivity index (χ2v) is 10.1. The number of benzene rings is 1. The Morgan fingerprint density at radius 1 is 1.23 bits per heavy atom. The molecule has 0 atom stereocenters. The Bertz CT molecular complexity index is 1070. The molecule has 1 saturated heterocycles. The highest BCUT2D eigenvalue weighted by atomic mass is 32.2. The molecule has 0 unspecified atom stereocenters. The lowest BCUT2D eigenvalue weighted by atomic mass is 9.95. The van der Waals surface area contributed by atoms with Crippen LogP contribution in [0.25, 0.3) is 0 Å². The minimum Gasteiger partial charge on any atom is -0.360 e. The smallest absolute Gasteiger partial charge is 0.263 e. The van der Waals surface area contributed by atoms with Gasteiger partial charge >= 0.3 is 0 Å². The molecule has 1 N–H and O–H groups in total. The fraction of sp³-hybridized carbons (Fsp3) is 0.333. The third kappa shape index (κ3) is 3.19. The molecule has 2 aromatic rings. The molecule has 3 rings (SSSR count). The van der Waals surface area contributed by atoms with Crippen LogP contribution in [0.15, 0.2) is 39.8 Å². The number of hydrogen-bond acceptors (Lipinski definition) is 7. The summed E-state index contributed by atoms with van der Waals surface area (Å²) in [5.41, 5.74) is -0.938. The van der Waals surface area contributed by atoms with Crippen LogP contribution < -0.4 is 9.03 Å². The lowest BCUT2D eigenvalue weighted by molar-refractivity contribution is -0.123. The first-order valence-electron chi connectivity index (χ1n) is 7.56. The third-order valence-electron chi connectivity index (χ3n) is 3.83. The summed E-state index contributed by atoms with van der Waals surface area (Å²) in [6.45, 7) is 4.72. The van der Waals surface area contributed by atoms with E-state index in [-0.39, 0.29) is 22.2 Å². The first-order chi connectivity index (χ1) is 11.9. The first-order valence-corrected chi connectivity index (χ1v) is 10.7. The Labute approximate surface area is 151 Å². The average molecular weight is 399 g/mol.